The fourth-order valence-corrected chi connectivity index (χ4v) is 6.15. The van der Waals surface area contributed by atoms with Crippen molar-refractivity contribution in [2.45, 2.75) is 90.8 Å². The number of anilines is 2. The van der Waals surface area contributed by atoms with Gasteiger partial charge in [0.2, 0.25) is 5.91 Å². The van der Waals surface area contributed by atoms with Crippen molar-refractivity contribution in [2.75, 3.05) is 23.7 Å². The summed E-state index contributed by atoms with van der Waals surface area (Å²) in [6, 6.07) is 15.1. The van der Waals surface area contributed by atoms with E-state index < -0.39 is 20.0 Å². The molecule has 3 rings (SSSR count). The average Bonchev–Trinajstić information content (AvgIpc) is 3.41. The second kappa shape index (κ2) is 14.9. The van der Waals surface area contributed by atoms with Gasteiger partial charge in [0, 0.05) is 34.9 Å². The molecule has 0 radical (unpaired) electrons. The first kappa shape index (κ1) is 35.6. The normalized spacial score (nSPS) is 13.6. The van der Waals surface area contributed by atoms with E-state index in [9.17, 15) is 9.59 Å². The summed E-state index contributed by atoms with van der Waals surface area (Å²) in [4.78, 5) is 31.8. The highest BCUT2D eigenvalue weighted by atomic mass is 35.5. The number of carbonyl (C=O) groups excluding carboxylic acids is 2. The van der Waals surface area contributed by atoms with Crippen molar-refractivity contribution < 1.29 is 18.8 Å². The van der Waals surface area contributed by atoms with Crippen LogP contribution in [0.5, 0.6) is 0 Å². The Hall–Kier alpha value is -2.92. The molecule has 44 heavy (non-hydrogen) atoms. The first-order valence-electron chi connectivity index (χ1n) is 14.9. The molecule has 0 saturated carbocycles. The minimum absolute atomic E-state index is 0.0264. The topological polar surface area (TPSA) is 92.8 Å². The number of thiazole rings is 1. The van der Waals surface area contributed by atoms with Gasteiger partial charge in [-0.15, -0.1) is 11.3 Å². The molecular weight excluding hydrogens is 612 g/mol. The highest BCUT2D eigenvalue weighted by Crippen LogP contribution is 2.40. The Labute approximate surface area is 272 Å². The molecule has 2 amide bonds. The first-order chi connectivity index (χ1) is 20.4. The van der Waals surface area contributed by atoms with E-state index in [2.05, 4.69) is 49.5 Å². The van der Waals surface area contributed by atoms with Crippen molar-refractivity contribution in [3.63, 3.8) is 0 Å². The van der Waals surface area contributed by atoms with Crippen LogP contribution in [0, 0.1) is 0 Å². The predicted molar refractivity (Wildman–Crippen MR) is 184 cm³/mol. The lowest BCUT2D eigenvalue weighted by atomic mass is 10.1. The van der Waals surface area contributed by atoms with Crippen LogP contribution in [0.1, 0.15) is 65.7 Å². The molecule has 0 saturated heterocycles. The lowest BCUT2D eigenvalue weighted by Crippen LogP contribution is -2.49. The summed E-state index contributed by atoms with van der Waals surface area (Å²) in [6.07, 6.45) is 1.12. The summed E-state index contributed by atoms with van der Waals surface area (Å²) in [5, 5.41) is 9.25. The largest absolute Gasteiger partial charge is 0.444 e. The second-order valence-electron chi connectivity index (χ2n) is 13.5. The van der Waals surface area contributed by atoms with Crippen LogP contribution >= 0.6 is 22.9 Å². The van der Waals surface area contributed by atoms with Gasteiger partial charge in [-0.25, -0.2) is 9.78 Å². The molecule has 240 valence electrons. The van der Waals surface area contributed by atoms with Gasteiger partial charge in [-0.05, 0) is 81.2 Å². The second-order valence-corrected chi connectivity index (χ2v) is 19.6. The number of nitrogens with zero attached hydrogens (tertiary/aromatic N) is 2. The lowest BCUT2D eigenvalue weighted by Gasteiger charge is -2.41. The molecule has 2 aromatic carbocycles. The maximum atomic E-state index is 13.6. The van der Waals surface area contributed by atoms with Crippen molar-refractivity contribution in [3.05, 3.63) is 76.3 Å². The number of nitrogens with one attached hydrogen (secondary N) is 2. The zero-order chi connectivity index (χ0) is 32.7. The van der Waals surface area contributed by atoms with Crippen LogP contribution < -0.4 is 10.6 Å². The van der Waals surface area contributed by atoms with E-state index in [1.54, 1.807) is 11.1 Å². The number of benzene rings is 2. The Bertz CT molecular complexity index is 1370. The number of aromatic nitrogens is 1. The molecule has 0 aliphatic heterocycles. The molecule has 1 heterocycles. The molecule has 0 fully saturated rings. The molecule has 8 nitrogen and oxygen atoms in total. The number of ether oxygens (including phenoxy) is 1. The van der Waals surface area contributed by atoms with Crippen LogP contribution in [0.15, 0.2) is 60.1 Å². The van der Waals surface area contributed by atoms with Gasteiger partial charge in [0.15, 0.2) is 13.4 Å². The van der Waals surface area contributed by atoms with Gasteiger partial charge in [-0.3, -0.25) is 4.79 Å². The number of rotatable bonds is 12. The van der Waals surface area contributed by atoms with Crippen LogP contribution in [-0.2, 0) is 20.4 Å². The number of amides is 2. The minimum Gasteiger partial charge on any atom is -0.444 e. The van der Waals surface area contributed by atoms with Crippen molar-refractivity contribution in [1.82, 2.24) is 9.88 Å². The summed E-state index contributed by atoms with van der Waals surface area (Å²) >= 11 is 7.79. The summed E-state index contributed by atoms with van der Waals surface area (Å²) in [5.41, 5.74) is 2.04. The first-order valence-corrected chi connectivity index (χ1v) is 19.1. The molecule has 0 bridgehead atoms. The zero-order valence-electron chi connectivity index (χ0n) is 27.4. The van der Waals surface area contributed by atoms with Gasteiger partial charge >= 0.3 is 6.09 Å². The number of hydrogen-bond donors (Lipinski definition) is 2. The van der Waals surface area contributed by atoms with E-state index in [-0.39, 0.29) is 29.5 Å². The molecule has 11 heteroatoms. The fraction of sp³-hybridized carbons (Fsp3) is 0.485. The van der Waals surface area contributed by atoms with Gasteiger partial charge in [0.25, 0.3) is 0 Å². The molecular formula is C33H47ClN4O4SSi. The number of hydrogen-bond acceptors (Lipinski definition) is 7. The van der Waals surface area contributed by atoms with Gasteiger partial charge in [-0.1, -0.05) is 56.6 Å². The van der Waals surface area contributed by atoms with E-state index in [1.807, 2.05) is 81.6 Å². The van der Waals surface area contributed by atoms with Crippen LogP contribution in [0.25, 0.3) is 0 Å². The van der Waals surface area contributed by atoms with E-state index in [1.165, 1.54) is 11.3 Å². The maximum absolute atomic E-state index is 13.6. The number of halogens is 1. The summed E-state index contributed by atoms with van der Waals surface area (Å²) in [6.45, 7) is 19.4. The summed E-state index contributed by atoms with van der Waals surface area (Å²) in [5.74, 6) is -0.114. The number of carbonyl (C=O) groups is 2. The fourth-order valence-electron chi connectivity index (χ4n) is 4.13. The van der Waals surface area contributed by atoms with Crippen molar-refractivity contribution in [1.29, 1.82) is 0 Å². The van der Waals surface area contributed by atoms with Gasteiger partial charge in [-0.2, -0.15) is 0 Å². The molecule has 0 aliphatic carbocycles. The Morgan fingerprint density at radius 1 is 1.07 bits per heavy atom. The Morgan fingerprint density at radius 3 is 2.32 bits per heavy atom. The molecule has 1 aromatic heterocycles. The monoisotopic (exact) mass is 658 g/mol. The Kier molecular flexibility index (Phi) is 12.0. The smallest absolute Gasteiger partial charge is 0.410 e. The van der Waals surface area contributed by atoms with Crippen LogP contribution in [0.3, 0.4) is 0 Å². The molecule has 2 N–H and O–H groups in total. The minimum atomic E-state index is -2.23. The van der Waals surface area contributed by atoms with Gasteiger partial charge < -0.3 is 24.7 Å². The van der Waals surface area contributed by atoms with E-state index in [4.69, 9.17) is 20.8 Å². The Balaban J connectivity index is 1.77. The van der Waals surface area contributed by atoms with E-state index >= 15 is 0 Å². The molecule has 0 unspecified atom stereocenters. The third-order valence-electron chi connectivity index (χ3n) is 7.59. The third kappa shape index (κ3) is 10.9. The van der Waals surface area contributed by atoms with E-state index in [0.717, 1.165) is 16.8 Å². The highest BCUT2D eigenvalue weighted by molar-refractivity contribution is 7.13. The standard InChI is InChI=1S/C33H47ClN4O4SSi/c1-23(21-36-27-15-13-24(14-16-27)19-29(39)37-30-35-17-18-43-30)38(31(40)41-32(2,3)4)22-28(25-11-10-12-26(34)20-25)42-44(8,9)33(5,6)7/h10-18,20,23,28,36H,19,21-22H2,1-9H3,(H,35,37,39)/t23-,28+/m1/s1. The quantitative estimate of drug-likeness (QED) is 0.189. The van der Waals surface area contributed by atoms with E-state index in [0.29, 0.717) is 23.2 Å². The van der Waals surface area contributed by atoms with Gasteiger partial charge in [0.1, 0.15) is 5.60 Å². The molecule has 2 atom stereocenters. The molecule has 3 aromatic rings. The van der Waals surface area contributed by atoms with Crippen molar-refractivity contribution >= 4 is 54.1 Å². The van der Waals surface area contributed by atoms with Gasteiger partial charge in [0.05, 0.1) is 19.1 Å². The van der Waals surface area contributed by atoms with Crippen LogP contribution in [0.2, 0.25) is 23.2 Å². The maximum Gasteiger partial charge on any atom is 0.410 e. The highest BCUT2D eigenvalue weighted by Gasteiger charge is 2.41. The average molecular weight is 659 g/mol. The molecule has 0 spiro atoms. The Morgan fingerprint density at radius 2 is 1.75 bits per heavy atom. The molecule has 0 aliphatic rings. The predicted octanol–water partition coefficient (Wildman–Crippen LogP) is 8.78. The van der Waals surface area contributed by atoms with Crippen molar-refractivity contribution in [2.24, 2.45) is 0 Å². The summed E-state index contributed by atoms with van der Waals surface area (Å²) in [7, 11) is -2.23. The third-order valence-corrected chi connectivity index (χ3v) is 13.0. The van der Waals surface area contributed by atoms with Crippen LogP contribution in [-0.4, -0.2) is 54.9 Å². The van der Waals surface area contributed by atoms with Crippen LogP contribution in [0.4, 0.5) is 15.6 Å². The summed E-state index contributed by atoms with van der Waals surface area (Å²) < 4.78 is 12.8. The lowest BCUT2D eigenvalue weighted by molar-refractivity contribution is -0.115. The SMILES string of the molecule is C[C@H](CNc1ccc(CC(=O)Nc2nccs2)cc1)N(C[C@H](O[Si](C)(C)C(C)(C)C)c1cccc(Cl)c1)C(=O)OC(C)(C)C. The van der Waals surface area contributed by atoms with Crippen molar-refractivity contribution in [3.8, 4) is 0 Å². The zero-order valence-corrected chi connectivity index (χ0v) is 29.9.